The van der Waals surface area contributed by atoms with Crippen LogP contribution in [0.5, 0.6) is 0 Å². The van der Waals surface area contributed by atoms with E-state index >= 15 is 0 Å². The topological polar surface area (TPSA) is 86.7 Å². The first kappa shape index (κ1) is 16.5. The summed E-state index contributed by atoms with van der Waals surface area (Å²) in [6, 6.07) is 4.98. The molecule has 0 aliphatic heterocycles. The van der Waals surface area contributed by atoms with Crippen LogP contribution < -0.4 is 4.72 Å². The van der Waals surface area contributed by atoms with Gasteiger partial charge in [0.2, 0.25) is 0 Å². The lowest BCUT2D eigenvalue weighted by Gasteiger charge is -2.20. The average molecular weight is 304 g/mol. The summed E-state index contributed by atoms with van der Waals surface area (Å²) in [4.78, 5) is 10.4. The Hall–Kier alpha value is -1.51. The lowest BCUT2D eigenvalue weighted by molar-refractivity contribution is -0.137. The van der Waals surface area contributed by atoms with Gasteiger partial charge in [-0.05, 0) is 24.6 Å². The molecular weight excluding hydrogens is 287 g/mol. The molecule has 0 radical (unpaired) electrons. The van der Waals surface area contributed by atoms with Gasteiger partial charge in [-0.3, -0.25) is 4.79 Å². The maximum absolute atomic E-state index is 13.1. The fourth-order valence-electron chi connectivity index (χ4n) is 1.53. The first-order valence-electron chi connectivity index (χ1n) is 5.93. The number of rotatable bonds is 7. The van der Waals surface area contributed by atoms with Gasteiger partial charge in [0, 0.05) is 19.6 Å². The normalized spacial score (nSPS) is 13.4. The van der Waals surface area contributed by atoms with Crippen molar-refractivity contribution in [3.8, 4) is 0 Å². The van der Waals surface area contributed by atoms with Crippen LogP contribution in [0.1, 0.15) is 24.9 Å². The molecule has 0 aromatic heterocycles. The van der Waals surface area contributed by atoms with E-state index in [4.69, 9.17) is 5.11 Å². The summed E-state index contributed by atoms with van der Waals surface area (Å²) in [6.07, 6.45) is -0.286. The van der Waals surface area contributed by atoms with Crippen LogP contribution in [0.3, 0.4) is 0 Å². The minimum Gasteiger partial charge on any atom is -0.481 e. The number of benzene rings is 1. The highest BCUT2D eigenvalue weighted by molar-refractivity contribution is 7.87. The van der Waals surface area contributed by atoms with E-state index in [0.29, 0.717) is 5.56 Å². The molecule has 0 heterocycles. The third kappa shape index (κ3) is 4.87. The second-order valence-corrected chi connectivity index (χ2v) is 6.17. The highest BCUT2D eigenvalue weighted by atomic mass is 32.2. The minimum absolute atomic E-state index is 0.138. The van der Waals surface area contributed by atoms with Crippen LogP contribution >= 0.6 is 0 Å². The summed E-state index contributed by atoms with van der Waals surface area (Å²) >= 11 is 0. The van der Waals surface area contributed by atoms with Gasteiger partial charge in [0.05, 0.1) is 6.42 Å². The van der Waals surface area contributed by atoms with Crippen molar-refractivity contribution in [2.75, 3.05) is 13.6 Å². The van der Waals surface area contributed by atoms with Crippen molar-refractivity contribution >= 4 is 16.2 Å². The molecule has 0 aliphatic rings. The molecule has 1 aromatic rings. The van der Waals surface area contributed by atoms with E-state index in [-0.39, 0.29) is 13.0 Å². The molecule has 0 amide bonds. The van der Waals surface area contributed by atoms with E-state index in [1.54, 1.807) is 13.0 Å². The molecule has 20 heavy (non-hydrogen) atoms. The molecule has 1 aromatic carbocycles. The molecule has 0 fully saturated rings. The summed E-state index contributed by atoms with van der Waals surface area (Å²) in [6.45, 7) is 1.44. The molecule has 1 atom stereocenters. The summed E-state index contributed by atoms with van der Waals surface area (Å²) in [5.41, 5.74) is 0.486. The highest BCUT2D eigenvalue weighted by Crippen LogP contribution is 2.15. The first-order valence-corrected chi connectivity index (χ1v) is 7.37. The van der Waals surface area contributed by atoms with Crippen LogP contribution in [-0.2, 0) is 15.0 Å². The van der Waals surface area contributed by atoms with Crippen LogP contribution in [0.4, 0.5) is 4.39 Å². The number of aliphatic carboxylic acids is 1. The van der Waals surface area contributed by atoms with Crippen LogP contribution in [0.15, 0.2) is 24.3 Å². The molecule has 0 aliphatic carbocycles. The predicted molar refractivity (Wildman–Crippen MR) is 71.8 cm³/mol. The number of nitrogens with one attached hydrogen (secondary N) is 1. The van der Waals surface area contributed by atoms with Gasteiger partial charge in [-0.25, -0.2) is 4.39 Å². The Morgan fingerprint density at radius 3 is 2.70 bits per heavy atom. The fraction of sp³-hybridized carbons (Fsp3) is 0.417. The SMILES string of the molecule is CC(NS(=O)(=O)N(C)CCC(=O)O)c1cccc(F)c1. The lowest BCUT2D eigenvalue weighted by atomic mass is 10.1. The van der Waals surface area contributed by atoms with Crippen molar-refractivity contribution < 1.29 is 22.7 Å². The smallest absolute Gasteiger partial charge is 0.304 e. The minimum atomic E-state index is -3.82. The summed E-state index contributed by atoms with van der Waals surface area (Å²) < 4.78 is 40.2. The third-order valence-corrected chi connectivity index (χ3v) is 4.38. The summed E-state index contributed by atoms with van der Waals surface area (Å²) in [5.74, 6) is -1.53. The molecule has 112 valence electrons. The number of carboxylic acids is 1. The Morgan fingerprint density at radius 2 is 2.15 bits per heavy atom. The second-order valence-electron chi connectivity index (χ2n) is 4.36. The highest BCUT2D eigenvalue weighted by Gasteiger charge is 2.21. The van der Waals surface area contributed by atoms with Crippen LogP contribution in [0.25, 0.3) is 0 Å². The van der Waals surface area contributed by atoms with Gasteiger partial charge in [-0.15, -0.1) is 0 Å². The van der Waals surface area contributed by atoms with Crippen molar-refractivity contribution in [1.29, 1.82) is 0 Å². The van der Waals surface area contributed by atoms with Gasteiger partial charge >= 0.3 is 5.97 Å². The third-order valence-electron chi connectivity index (χ3n) is 2.73. The van der Waals surface area contributed by atoms with Crippen LogP contribution in [0, 0.1) is 5.82 Å². The van der Waals surface area contributed by atoms with Crippen molar-refractivity contribution in [2.24, 2.45) is 0 Å². The van der Waals surface area contributed by atoms with Crippen molar-refractivity contribution in [3.63, 3.8) is 0 Å². The van der Waals surface area contributed by atoms with Gasteiger partial charge < -0.3 is 5.11 Å². The number of hydrogen-bond donors (Lipinski definition) is 2. The van der Waals surface area contributed by atoms with E-state index in [2.05, 4.69) is 4.72 Å². The molecule has 1 unspecified atom stereocenters. The van der Waals surface area contributed by atoms with Gasteiger partial charge in [0.25, 0.3) is 10.2 Å². The molecule has 8 heteroatoms. The number of carbonyl (C=O) groups is 1. The zero-order valence-electron chi connectivity index (χ0n) is 11.2. The fourth-order valence-corrected chi connectivity index (χ4v) is 2.63. The van der Waals surface area contributed by atoms with E-state index in [1.807, 2.05) is 0 Å². The number of carboxylic acid groups (broad SMARTS) is 1. The van der Waals surface area contributed by atoms with Crippen molar-refractivity contribution in [2.45, 2.75) is 19.4 Å². The average Bonchev–Trinajstić information content (AvgIpc) is 2.35. The molecule has 1 rings (SSSR count). The van der Waals surface area contributed by atoms with Crippen LogP contribution in [0.2, 0.25) is 0 Å². The Labute approximate surface area is 117 Å². The molecule has 0 spiro atoms. The Balaban J connectivity index is 2.72. The monoisotopic (exact) mass is 304 g/mol. The molecule has 0 saturated carbocycles. The summed E-state index contributed by atoms with van der Waals surface area (Å²) in [5, 5.41) is 8.53. The first-order chi connectivity index (χ1) is 9.22. The summed E-state index contributed by atoms with van der Waals surface area (Å²) in [7, 11) is -2.54. The Kier molecular flexibility index (Phi) is 5.61. The van der Waals surface area contributed by atoms with Gasteiger partial charge in [0.1, 0.15) is 5.82 Å². The van der Waals surface area contributed by atoms with Gasteiger partial charge in [-0.1, -0.05) is 12.1 Å². The molecule has 0 saturated heterocycles. The number of nitrogens with zero attached hydrogens (tertiary/aromatic N) is 1. The van der Waals surface area contributed by atoms with Gasteiger partial charge in [-0.2, -0.15) is 17.4 Å². The zero-order chi connectivity index (χ0) is 15.3. The second kappa shape index (κ2) is 6.78. The van der Waals surface area contributed by atoms with Crippen molar-refractivity contribution in [1.82, 2.24) is 9.03 Å². The standard InChI is InChI=1S/C12H17FN2O4S/c1-9(10-4-3-5-11(13)8-10)14-20(18,19)15(2)7-6-12(16)17/h3-5,8-9,14H,6-7H2,1-2H3,(H,16,17). The van der Waals surface area contributed by atoms with E-state index in [0.717, 1.165) is 4.31 Å². The zero-order valence-corrected chi connectivity index (χ0v) is 12.0. The quantitative estimate of drug-likeness (QED) is 0.790. The number of hydrogen-bond acceptors (Lipinski definition) is 3. The Morgan fingerprint density at radius 1 is 1.50 bits per heavy atom. The van der Waals surface area contributed by atoms with Crippen LogP contribution in [-0.4, -0.2) is 37.4 Å². The molecule has 6 nitrogen and oxygen atoms in total. The predicted octanol–water partition coefficient (Wildman–Crippen LogP) is 1.13. The van der Waals surface area contributed by atoms with E-state index < -0.39 is 28.0 Å². The molecule has 0 bridgehead atoms. The van der Waals surface area contributed by atoms with Gasteiger partial charge in [0.15, 0.2) is 0 Å². The van der Waals surface area contributed by atoms with E-state index in [1.165, 1.54) is 25.2 Å². The number of halogens is 1. The lowest BCUT2D eigenvalue weighted by Crippen LogP contribution is -2.40. The van der Waals surface area contributed by atoms with E-state index in [9.17, 15) is 17.6 Å². The maximum atomic E-state index is 13.1. The van der Waals surface area contributed by atoms with Crippen molar-refractivity contribution in [3.05, 3.63) is 35.6 Å². The largest absolute Gasteiger partial charge is 0.481 e. The maximum Gasteiger partial charge on any atom is 0.304 e. The molecular formula is C12H17FN2O4S. The Bertz CT molecular complexity index is 577. The molecule has 2 N–H and O–H groups in total.